The fraction of sp³-hybridized carbons (Fsp3) is 0.417. The number of nitrogens with two attached hydrogens (primary N) is 1. The second-order valence-corrected chi connectivity index (χ2v) is 6.14. The number of piperazine rings is 1. The van der Waals surface area contributed by atoms with E-state index in [0.29, 0.717) is 0 Å². The van der Waals surface area contributed by atoms with E-state index >= 15 is 0 Å². The van der Waals surface area contributed by atoms with Gasteiger partial charge in [0.15, 0.2) is 11.5 Å². The minimum atomic E-state index is -3.73. The van der Waals surface area contributed by atoms with E-state index in [1.165, 1.54) is 18.1 Å². The van der Waals surface area contributed by atoms with Crippen molar-refractivity contribution in [2.75, 3.05) is 33.3 Å². The smallest absolute Gasteiger partial charge is 0.277 e. The van der Waals surface area contributed by atoms with Crippen LogP contribution in [-0.2, 0) is 10.2 Å². The summed E-state index contributed by atoms with van der Waals surface area (Å²) in [7, 11) is -2.34. The molecule has 0 bridgehead atoms. The van der Waals surface area contributed by atoms with Crippen LogP contribution in [0.5, 0.6) is 11.5 Å². The fourth-order valence-electron chi connectivity index (χ4n) is 2.18. The number of hydrogen-bond acceptors (Lipinski definition) is 5. The van der Waals surface area contributed by atoms with Gasteiger partial charge >= 0.3 is 0 Å². The number of amides is 1. The molecule has 1 aliphatic rings. The van der Waals surface area contributed by atoms with Crippen LogP contribution in [0.4, 0.5) is 0 Å². The van der Waals surface area contributed by atoms with E-state index in [0.717, 1.165) is 4.31 Å². The minimum Gasteiger partial charge on any atom is -0.504 e. The predicted molar refractivity (Wildman–Crippen MR) is 75.2 cm³/mol. The topological polar surface area (TPSA) is 113 Å². The molecule has 0 saturated carbocycles. The number of ether oxygens (including phenoxy) is 1. The van der Waals surface area contributed by atoms with Crippen molar-refractivity contribution in [1.82, 2.24) is 9.21 Å². The molecule has 1 saturated heterocycles. The zero-order valence-corrected chi connectivity index (χ0v) is 12.3. The number of phenols is 1. The molecule has 1 aliphatic heterocycles. The molecule has 0 spiro atoms. The lowest BCUT2D eigenvalue weighted by molar-refractivity contribution is 0.0694. The molecular formula is C12H17N3O5S. The SMILES string of the molecule is COc1cccc(C(=O)N2CCN(S(N)(=O)=O)CC2)c1O. The third kappa shape index (κ3) is 3.26. The molecule has 0 aromatic heterocycles. The Bertz CT molecular complexity index is 638. The van der Waals surface area contributed by atoms with Gasteiger partial charge in [-0.3, -0.25) is 4.79 Å². The second-order valence-electron chi connectivity index (χ2n) is 4.59. The van der Waals surface area contributed by atoms with Crippen LogP contribution in [0.1, 0.15) is 10.4 Å². The van der Waals surface area contributed by atoms with Crippen molar-refractivity contribution in [2.45, 2.75) is 0 Å². The van der Waals surface area contributed by atoms with Gasteiger partial charge in [-0.05, 0) is 12.1 Å². The second kappa shape index (κ2) is 5.88. The maximum atomic E-state index is 12.4. The summed E-state index contributed by atoms with van der Waals surface area (Å²) in [5, 5.41) is 15.0. The molecule has 0 unspecified atom stereocenters. The van der Waals surface area contributed by atoms with E-state index < -0.39 is 10.2 Å². The van der Waals surface area contributed by atoms with Gasteiger partial charge in [0.25, 0.3) is 16.1 Å². The number of benzene rings is 1. The summed E-state index contributed by atoms with van der Waals surface area (Å²) < 4.78 is 28.5. The standard InChI is InChI=1S/C12H17N3O5S/c1-20-10-4-2-3-9(11(10)16)12(17)14-5-7-15(8-6-14)21(13,18)19/h2-4,16H,5-8H2,1H3,(H2,13,18,19). The van der Waals surface area contributed by atoms with Crippen LogP contribution in [0, 0.1) is 0 Å². The van der Waals surface area contributed by atoms with Gasteiger partial charge in [-0.25, -0.2) is 5.14 Å². The van der Waals surface area contributed by atoms with Gasteiger partial charge in [0.05, 0.1) is 12.7 Å². The van der Waals surface area contributed by atoms with Crippen LogP contribution in [0.3, 0.4) is 0 Å². The zero-order chi connectivity index (χ0) is 15.6. The first-order valence-corrected chi connectivity index (χ1v) is 7.78. The highest BCUT2D eigenvalue weighted by molar-refractivity contribution is 7.86. The molecule has 21 heavy (non-hydrogen) atoms. The molecule has 1 aromatic rings. The Balaban J connectivity index is 2.13. The number of carbonyl (C=O) groups is 1. The zero-order valence-electron chi connectivity index (χ0n) is 11.5. The van der Waals surface area contributed by atoms with Crippen LogP contribution >= 0.6 is 0 Å². The monoisotopic (exact) mass is 315 g/mol. The van der Waals surface area contributed by atoms with E-state index in [1.807, 2.05) is 0 Å². The fourth-order valence-corrected chi connectivity index (χ4v) is 2.85. The highest BCUT2D eigenvalue weighted by atomic mass is 32.2. The minimum absolute atomic E-state index is 0.124. The van der Waals surface area contributed by atoms with Crippen LogP contribution in [0.25, 0.3) is 0 Å². The third-order valence-corrected chi connectivity index (χ3v) is 4.42. The Morgan fingerprint density at radius 2 is 1.90 bits per heavy atom. The lowest BCUT2D eigenvalue weighted by Gasteiger charge is -2.33. The molecule has 8 nitrogen and oxygen atoms in total. The van der Waals surface area contributed by atoms with Gasteiger partial charge in [0.1, 0.15) is 0 Å². The Labute approximate surface area is 122 Å². The van der Waals surface area contributed by atoms with Crippen LogP contribution < -0.4 is 9.88 Å². The number of carbonyl (C=O) groups excluding carboxylic acids is 1. The van der Waals surface area contributed by atoms with Crippen molar-refractivity contribution in [3.8, 4) is 11.5 Å². The Kier molecular flexibility index (Phi) is 4.35. The molecule has 1 fully saturated rings. The number of para-hydroxylation sites is 1. The van der Waals surface area contributed by atoms with Gasteiger partial charge < -0.3 is 14.7 Å². The first-order valence-electron chi connectivity index (χ1n) is 6.27. The number of phenolic OH excluding ortho intramolecular Hbond substituents is 1. The largest absolute Gasteiger partial charge is 0.504 e. The highest BCUT2D eigenvalue weighted by Gasteiger charge is 2.28. The molecule has 0 aliphatic carbocycles. The van der Waals surface area contributed by atoms with Gasteiger partial charge in [-0.15, -0.1) is 0 Å². The summed E-state index contributed by atoms with van der Waals surface area (Å²) in [5.41, 5.74) is 0.124. The Morgan fingerprint density at radius 1 is 1.29 bits per heavy atom. The normalized spacial score (nSPS) is 16.8. The Morgan fingerprint density at radius 3 is 2.43 bits per heavy atom. The van der Waals surface area contributed by atoms with Crippen molar-refractivity contribution in [2.24, 2.45) is 5.14 Å². The van der Waals surface area contributed by atoms with E-state index in [-0.39, 0.29) is 49.1 Å². The molecular weight excluding hydrogens is 298 g/mol. The summed E-state index contributed by atoms with van der Waals surface area (Å²) >= 11 is 0. The number of hydrogen-bond donors (Lipinski definition) is 2. The highest BCUT2D eigenvalue weighted by Crippen LogP contribution is 2.30. The molecule has 0 atom stereocenters. The number of aromatic hydroxyl groups is 1. The van der Waals surface area contributed by atoms with Crippen LogP contribution in [0.2, 0.25) is 0 Å². The quantitative estimate of drug-likeness (QED) is 0.770. The average molecular weight is 315 g/mol. The molecule has 0 radical (unpaired) electrons. The third-order valence-electron chi connectivity index (χ3n) is 3.34. The molecule has 2 rings (SSSR count). The molecule has 1 aromatic carbocycles. The average Bonchev–Trinajstić information content (AvgIpc) is 2.46. The molecule has 3 N–H and O–H groups in total. The molecule has 116 valence electrons. The summed E-state index contributed by atoms with van der Waals surface area (Å²) in [6.07, 6.45) is 0. The lowest BCUT2D eigenvalue weighted by atomic mass is 10.1. The van der Waals surface area contributed by atoms with Crippen LogP contribution in [0.15, 0.2) is 18.2 Å². The van der Waals surface area contributed by atoms with Crippen LogP contribution in [-0.4, -0.2) is 61.9 Å². The molecule has 1 amide bonds. The summed E-state index contributed by atoms with van der Waals surface area (Å²) in [6, 6.07) is 4.64. The van der Waals surface area contributed by atoms with E-state index in [1.54, 1.807) is 12.1 Å². The lowest BCUT2D eigenvalue weighted by Crippen LogP contribution is -2.52. The Hall–Kier alpha value is -1.84. The maximum Gasteiger partial charge on any atom is 0.277 e. The van der Waals surface area contributed by atoms with Gasteiger partial charge in [0, 0.05) is 26.2 Å². The number of rotatable bonds is 3. The number of methoxy groups -OCH3 is 1. The van der Waals surface area contributed by atoms with E-state index in [4.69, 9.17) is 9.88 Å². The van der Waals surface area contributed by atoms with Gasteiger partial charge in [-0.1, -0.05) is 6.07 Å². The molecule has 9 heteroatoms. The van der Waals surface area contributed by atoms with Gasteiger partial charge in [-0.2, -0.15) is 12.7 Å². The van der Waals surface area contributed by atoms with Crippen molar-refractivity contribution >= 4 is 16.1 Å². The van der Waals surface area contributed by atoms with E-state index in [2.05, 4.69) is 0 Å². The summed E-state index contributed by atoms with van der Waals surface area (Å²) in [5.74, 6) is -0.386. The number of nitrogens with zero attached hydrogens (tertiary/aromatic N) is 2. The van der Waals surface area contributed by atoms with Gasteiger partial charge in [0.2, 0.25) is 0 Å². The van der Waals surface area contributed by atoms with Crippen molar-refractivity contribution in [3.63, 3.8) is 0 Å². The van der Waals surface area contributed by atoms with Crippen molar-refractivity contribution in [1.29, 1.82) is 0 Å². The summed E-state index contributed by atoms with van der Waals surface area (Å²) in [4.78, 5) is 13.8. The molecule has 1 heterocycles. The van der Waals surface area contributed by atoms with Crippen molar-refractivity contribution < 1.29 is 23.1 Å². The summed E-state index contributed by atoms with van der Waals surface area (Å²) in [6.45, 7) is 0.697. The predicted octanol–water partition coefficient (Wildman–Crippen LogP) is -0.638. The maximum absolute atomic E-state index is 12.4. The van der Waals surface area contributed by atoms with Crippen molar-refractivity contribution in [3.05, 3.63) is 23.8 Å². The van der Waals surface area contributed by atoms with E-state index in [9.17, 15) is 18.3 Å². The first kappa shape index (κ1) is 15.5. The first-order chi connectivity index (χ1) is 9.84.